The Bertz CT molecular complexity index is 712. The van der Waals surface area contributed by atoms with Crippen LogP contribution in [0.1, 0.15) is 194 Å². The third kappa shape index (κ3) is 37.9. The maximum atomic E-state index is 12.0. The van der Waals surface area contributed by atoms with Crippen molar-refractivity contribution in [2.45, 2.75) is 200 Å². The van der Waals surface area contributed by atoms with Crippen molar-refractivity contribution in [3.05, 3.63) is 24.3 Å². The molecule has 0 saturated heterocycles. The number of hydrogen-bond donors (Lipinski definition) is 1. The van der Waals surface area contributed by atoms with Crippen LogP contribution in [0, 0.1) is 0 Å². The Morgan fingerprint density at radius 3 is 1.69 bits per heavy atom. The molecule has 0 heterocycles. The molecule has 0 fully saturated rings. The highest BCUT2D eigenvalue weighted by molar-refractivity contribution is 5.69. The Balaban J connectivity index is 4.03. The molecule has 0 bridgehead atoms. The van der Waals surface area contributed by atoms with Crippen LogP contribution in [-0.2, 0) is 19.0 Å². The first-order chi connectivity index (χ1) is 24.2. The maximum absolute atomic E-state index is 12.0. The third-order valence-corrected chi connectivity index (χ3v) is 9.11. The van der Waals surface area contributed by atoms with E-state index in [4.69, 9.17) is 14.2 Å². The van der Waals surface area contributed by atoms with Crippen LogP contribution >= 0.6 is 0 Å². The number of unbranched alkanes of at least 4 members (excludes halogenated alkanes) is 18. The fraction of sp³-hybridized carbons (Fsp3) is 0.884. The van der Waals surface area contributed by atoms with Gasteiger partial charge in [-0.3, -0.25) is 4.79 Å². The van der Waals surface area contributed by atoms with Gasteiger partial charge in [0.15, 0.2) is 6.29 Å². The van der Waals surface area contributed by atoms with Crippen LogP contribution in [0.25, 0.3) is 0 Å². The van der Waals surface area contributed by atoms with Gasteiger partial charge >= 0.3 is 5.97 Å². The fourth-order valence-corrected chi connectivity index (χ4v) is 5.99. The second kappa shape index (κ2) is 41.2. The Hall–Kier alpha value is -1.21. The summed E-state index contributed by atoms with van der Waals surface area (Å²) in [5, 5.41) is 9.57. The van der Waals surface area contributed by atoms with Crippen LogP contribution in [0.5, 0.6) is 0 Å². The first kappa shape index (κ1) is 47.8. The van der Waals surface area contributed by atoms with E-state index in [9.17, 15) is 9.90 Å². The number of hydrogen-bond acceptors (Lipinski definition) is 6. The number of nitrogens with zero attached hydrogens (tertiary/aromatic N) is 1. The minimum absolute atomic E-state index is 0.0249. The summed E-state index contributed by atoms with van der Waals surface area (Å²) >= 11 is 0. The van der Waals surface area contributed by atoms with Crippen molar-refractivity contribution in [2.75, 3.05) is 46.1 Å². The SMILES string of the molecule is CC/C=C\CCCCOC(CCCCCCN(CCO)CCCCCCCC(=O)OCCCCCCCCC)OCCCC/C=C\CCC. The fourth-order valence-electron chi connectivity index (χ4n) is 5.99. The number of carbonyl (C=O) groups is 1. The summed E-state index contributed by atoms with van der Waals surface area (Å²) in [4.78, 5) is 14.4. The number of esters is 1. The molecule has 0 aromatic rings. The molecule has 0 aromatic carbocycles. The van der Waals surface area contributed by atoms with Gasteiger partial charge in [-0.1, -0.05) is 122 Å². The smallest absolute Gasteiger partial charge is 0.305 e. The van der Waals surface area contributed by atoms with E-state index in [1.54, 1.807) is 0 Å². The molecule has 0 amide bonds. The number of allylic oxidation sites excluding steroid dienone is 4. The summed E-state index contributed by atoms with van der Waals surface area (Å²) in [6, 6.07) is 0. The molecule has 0 aliphatic heterocycles. The highest BCUT2D eigenvalue weighted by Gasteiger charge is 2.10. The lowest BCUT2D eigenvalue weighted by molar-refractivity contribution is -0.148. The number of aliphatic hydroxyl groups excluding tert-OH is 1. The minimum Gasteiger partial charge on any atom is -0.466 e. The maximum Gasteiger partial charge on any atom is 0.305 e. The average molecular weight is 694 g/mol. The lowest BCUT2D eigenvalue weighted by Gasteiger charge is -2.21. The van der Waals surface area contributed by atoms with Crippen molar-refractivity contribution in [2.24, 2.45) is 0 Å². The van der Waals surface area contributed by atoms with E-state index in [2.05, 4.69) is 50.0 Å². The van der Waals surface area contributed by atoms with Crippen molar-refractivity contribution in [1.82, 2.24) is 4.90 Å². The van der Waals surface area contributed by atoms with Crippen LogP contribution < -0.4 is 0 Å². The van der Waals surface area contributed by atoms with Crippen LogP contribution in [0.4, 0.5) is 0 Å². The van der Waals surface area contributed by atoms with Gasteiger partial charge in [-0.15, -0.1) is 0 Å². The molecule has 0 aromatic heterocycles. The summed E-state index contributed by atoms with van der Waals surface area (Å²) in [6.45, 7) is 11.9. The summed E-state index contributed by atoms with van der Waals surface area (Å²) in [6.07, 6.45) is 39.8. The zero-order chi connectivity index (χ0) is 35.7. The van der Waals surface area contributed by atoms with Gasteiger partial charge in [0.25, 0.3) is 0 Å². The zero-order valence-electron chi connectivity index (χ0n) is 33.0. The molecule has 6 nitrogen and oxygen atoms in total. The molecule has 0 rings (SSSR count). The molecule has 0 aliphatic carbocycles. The Kier molecular flexibility index (Phi) is 40.2. The Labute approximate surface area is 305 Å². The van der Waals surface area contributed by atoms with Crippen LogP contribution in [0.15, 0.2) is 24.3 Å². The minimum atomic E-state index is -0.0757. The second-order valence-electron chi connectivity index (χ2n) is 13.9. The summed E-state index contributed by atoms with van der Waals surface area (Å²) in [5.41, 5.74) is 0. The van der Waals surface area contributed by atoms with Gasteiger partial charge in [0.1, 0.15) is 0 Å². The number of ether oxygens (including phenoxy) is 3. The lowest BCUT2D eigenvalue weighted by Crippen LogP contribution is -2.29. The van der Waals surface area contributed by atoms with Crippen molar-refractivity contribution in [3.8, 4) is 0 Å². The van der Waals surface area contributed by atoms with Crippen LogP contribution in [-0.4, -0.2) is 68.3 Å². The molecule has 0 aliphatic rings. The van der Waals surface area contributed by atoms with E-state index in [1.807, 2.05) is 0 Å². The topological polar surface area (TPSA) is 68.2 Å². The summed E-state index contributed by atoms with van der Waals surface area (Å²) in [5.74, 6) is -0.0249. The highest BCUT2D eigenvalue weighted by Crippen LogP contribution is 2.14. The number of aliphatic hydroxyl groups is 1. The number of carbonyl (C=O) groups excluding carboxylic acids is 1. The quantitative estimate of drug-likeness (QED) is 0.0298. The van der Waals surface area contributed by atoms with E-state index >= 15 is 0 Å². The van der Waals surface area contributed by atoms with E-state index in [0.29, 0.717) is 13.0 Å². The van der Waals surface area contributed by atoms with Gasteiger partial charge in [-0.05, 0) is 103 Å². The first-order valence-corrected chi connectivity index (χ1v) is 21.2. The van der Waals surface area contributed by atoms with Crippen molar-refractivity contribution >= 4 is 5.97 Å². The zero-order valence-corrected chi connectivity index (χ0v) is 33.0. The molecule has 0 saturated carbocycles. The first-order valence-electron chi connectivity index (χ1n) is 21.2. The largest absolute Gasteiger partial charge is 0.466 e. The monoisotopic (exact) mass is 694 g/mol. The van der Waals surface area contributed by atoms with Gasteiger partial charge in [-0.25, -0.2) is 0 Å². The molecule has 0 radical (unpaired) electrons. The third-order valence-electron chi connectivity index (χ3n) is 9.11. The Morgan fingerprint density at radius 2 is 1.08 bits per heavy atom. The van der Waals surface area contributed by atoms with E-state index in [1.165, 1.54) is 89.9 Å². The molecule has 49 heavy (non-hydrogen) atoms. The summed E-state index contributed by atoms with van der Waals surface area (Å²) in [7, 11) is 0. The molecule has 1 atom stereocenters. The summed E-state index contributed by atoms with van der Waals surface area (Å²) < 4.78 is 17.8. The highest BCUT2D eigenvalue weighted by atomic mass is 16.7. The van der Waals surface area contributed by atoms with Gasteiger partial charge in [0.05, 0.1) is 13.2 Å². The molecular formula is C43H83NO5. The van der Waals surface area contributed by atoms with Crippen molar-refractivity contribution < 1.29 is 24.1 Å². The van der Waals surface area contributed by atoms with Gasteiger partial charge < -0.3 is 24.2 Å². The lowest BCUT2D eigenvalue weighted by atomic mass is 10.1. The van der Waals surface area contributed by atoms with Gasteiger partial charge in [-0.2, -0.15) is 0 Å². The van der Waals surface area contributed by atoms with E-state index < -0.39 is 0 Å². The van der Waals surface area contributed by atoms with Gasteiger partial charge in [0, 0.05) is 26.2 Å². The molecule has 290 valence electrons. The normalized spacial score (nSPS) is 12.6. The van der Waals surface area contributed by atoms with Crippen molar-refractivity contribution in [1.29, 1.82) is 0 Å². The van der Waals surface area contributed by atoms with Crippen LogP contribution in [0.3, 0.4) is 0 Å². The van der Waals surface area contributed by atoms with Crippen molar-refractivity contribution in [3.63, 3.8) is 0 Å². The average Bonchev–Trinajstić information content (AvgIpc) is 3.10. The predicted octanol–water partition coefficient (Wildman–Crippen LogP) is 11.9. The van der Waals surface area contributed by atoms with Gasteiger partial charge in [0.2, 0.25) is 0 Å². The second-order valence-corrected chi connectivity index (χ2v) is 13.9. The Morgan fingerprint density at radius 1 is 0.551 bits per heavy atom. The molecule has 1 unspecified atom stereocenters. The molecule has 0 spiro atoms. The predicted molar refractivity (Wildman–Crippen MR) is 210 cm³/mol. The molecule has 1 N–H and O–H groups in total. The molecule has 6 heteroatoms. The number of rotatable bonds is 40. The molecular weight excluding hydrogens is 610 g/mol. The standard InChI is InChI=1S/C43H83NO5/c1-4-7-10-13-16-24-30-39-47-42(46)33-26-19-18-21-28-35-44(37-38-45)36-29-22-20-27-34-43(48-40-31-23-15-12-9-6-3)49-41-32-25-17-14-11-8-5-2/h9,11-12,14,43,45H,4-8,10,13,15-41H2,1-3H3/b12-9-,14-11-. The van der Waals surface area contributed by atoms with Crippen LogP contribution in [0.2, 0.25) is 0 Å². The van der Waals surface area contributed by atoms with E-state index in [-0.39, 0.29) is 18.9 Å². The van der Waals surface area contributed by atoms with E-state index in [0.717, 1.165) is 110 Å².